The molecule has 2 aromatic carbocycles. The Labute approximate surface area is 173 Å². The van der Waals surface area contributed by atoms with Gasteiger partial charge < -0.3 is 9.32 Å². The standard InChI is InChI=1S/C23H24F3N3O/c1-16-6-7-21(17(2)12-16)22-27-19(15-30-22)14-28-8-10-29(11-9-28)20-5-3-4-18(13-20)23(24,25)26/h3-7,12-13,15H,8-11,14H2,1-2H3. The molecule has 0 unspecified atom stereocenters. The van der Waals surface area contributed by atoms with Crippen molar-refractivity contribution >= 4 is 5.69 Å². The lowest BCUT2D eigenvalue weighted by atomic mass is 10.1. The van der Waals surface area contributed by atoms with Gasteiger partial charge in [-0.05, 0) is 43.7 Å². The smallest absolute Gasteiger partial charge is 0.416 e. The molecule has 0 radical (unpaired) electrons. The molecule has 2 heterocycles. The SMILES string of the molecule is Cc1ccc(-c2nc(CN3CCN(c4cccc(C(F)(F)F)c4)CC3)co2)c(C)c1. The lowest BCUT2D eigenvalue weighted by molar-refractivity contribution is -0.137. The van der Waals surface area contributed by atoms with Gasteiger partial charge in [-0.1, -0.05) is 23.8 Å². The molecule has 1 aliphatic heterocycles. The Kier molecular flexibility index (Phi) is 5.56. The molecule has 7 heteroatoms. The molecule has 0 saturated carbocycles. The second kappa shape index (κ2) is 8.14. The van der Waals surface area contributed by atoms with Crippen molar-refractivity contribution in [1.82, 2.24) is 9.88 Å². The second-order valence-corrected chi connectivity index (χ2v) is 7.77. The van der Waals surface area contributed by atoms with Crippen molar-refractivity contribution in [1.29, 1.82) is 0 Å². The topological polar surface area (TPSA) is 32.5 Å². The molecular formula is C23H24F3N3O. The Hall–Kier alpha value is -2.80. The Balaban J connectivity index is 1.37. The van der Waals surface area contributed by atoms with Crippen molar-refractivity contribution < 1.29 is 17.6 Å². The molecule has 0 atom stereocenters. The van der Waals surface area contributed by atoms with Crippen LogP contribution in [0.5, 0.6) is 0 Å². The summed E-state index contributed by atoms with van der Waals surface area (Å²) in [6.45, 7) is 7.59. The fourth-order valence-corrected chi connectivity index (χ4v) is 3.83. The number of aromatic nitrogens is 1. The highest BCUT2D eigenvalue weighted by Gasteiger charge is 2.31. The summed E-state index contributed by atoms with van der Waals surface area (Å²) in [5.74, 6) is 0.616. The van der Waals surface area contributed by atoms with Crippen LogP contribution in [0.1, 0.15) is 22.4 Å². The summed E-state index contributed by atoms with van der Waals surface area (Å²) in [6.07, 6.45) is -2.63. The minimum atomic E-state index is -4.32. The van der Waals surface area contributed by atoms with Gasteiger partial charge in [-0.2, -0.15) is 13.2 Å². The molecule has 158 valence electrons. The van der Waals surface area contributed by atoms with Crippen LogP contribution >= 0.6 is 0 Å². The third-order valence-electron chi connectivity index (χ3n) is 5.46. The fraction of sp³-hybridized carbons (Fsp3) is 0.348. The van der Waals surface area contributed by atoms with Gasteiger partial charge in [0.1, 0.15) is 6.26 Å². The average molecular weight is 415 g/mol. The number of hydrogen-bond donors (Lipinski definition) is 0. The molecule has 1 aromatic heterocycles. The van der Waals surface area contributed by atoms with Gasteiger partial charge in [0.05, 0.1) is 11.3 Å². The van der Waals surface area contributed by atoms with Crippen LogP contribution in [0.4, 0.5) is 18.9 Å². The molecule has 1 fully saturated rings. The number of hydrogen-bond acceptors (Lipinski definition) is 4. The Morgan fingerprint density at radius 1 is 1.00 bits per heavy atom. The summed E-state index contributed by atoms with van der Waals surface area (Å²) >= 11 is 0. The molecule has 4 rings (SSSR count). The lowest BCUT2D eigenvalue weighted by Gasteiger charge is -2.36. The summed E-state index contributed by atoms with van der Waals surface area (Å²) < 4.78 is 44.6. The van der Waals surface area contributed by atoms with E-state index in [2.05, 4.69) is 22.9 Å². The van der Waals surface area contributed by atoms with Crippen molar-refractivity contribution in [2.24, 2.45) is 0 Å². The maximum Gasteiger partial charge on any atom is 0.416 e. The summed E-state index contributed by atoms with van der Waals surface area (Å²) in [5.41, 5.74) is 4.17. The maximum absolute atomic E-state index is 13.0. The van der Waals surface area contributed by atoms with E-state index in [1.165, 1.54) is 17.7 Å². The van der Waals surface area contributed by atoms with E-state index in [1.54, 1.807) is 12.3 Å². The molecule has 3 aromatic rings. The van der Waals surface area contributed by atoms with Crippen LogP contribution in [0.3, 0.4) is 0 Å². The van der Waals surface area contributed by atoms with Crippen LogP contribution in [0.15, 0.2) is 53.1 Å². The van der Waals surface area contributed by atoms with Crippen LogP contribution in [0.25, 0.3) is 11.5 Å². The van der Waals surface area contributed by atoms with Crippen LogP contribution < -0.4 is 4.90 Å². The van der Waals surface area contributed by atoms with E-state index in [-0.39, 0.29) is 0 Å². The third kappa shape index (κ3) is 4.51. The van der Waals surface area contributed by atoms with Crippen molar-refractivity contribution in [3.05, 3.63) is 71.1 Å². The predicted molar refractivity (Wildman–Crippen MR) is 110 cm³/mol. The Morgan fingerprint density at radius 2 is 1.77 bits per heavy atom. The van der Waals surface area contributed by atoms with Crippen molar-refractivity contribution in [2.75, 3.05) is 31.1 Å². The number of oxazole rings is 1. The van der Waals surface area contributed by atoms with Crippen molar-refractivity contribution in [3.63, 3.8) is 0 Å². The number of rotatable bonds is 4. The Bertz CT molecular complexity index is 1020. The first-order chi connectivity index (χ1) is 14.3. The van der Waals surface area contributed by atoms with Gasteiger partial charge in [0.15, 0.2) is 0 Å². The monoisotopic (exact) mass is 415 g/mol. The third-order valence-corrected chi connectivity index (χ3v) is 5.46. The minimum absolute atomic E-state index is 0.607. The maximum atomic E-state index is 13.0. The van der Waals surface area contributed by atoms with Crippen LogP contribution in [-0.2, 0) is 12.7 Å². The molecule has 1 saturated heterocycles. The van der Waals surface area contributed by atoms with E-state index in [9.17, 15) is 13.2 Å². The van der Waals surface area contributed by atoms with Gasteiger partial charge in [0.25, 0.3) is 0 Å². The summed E-state index contributed by atoms with van der Waals surface area (Å²) in [4.78, 5) is 8.87. The number of nitrogens with zero attached hydrogens (tertiary/aromatic N) is 3. The van der Waals surface area contributed by atoms with E-state index >= 15 is 0 Å². The first-order valence-electron chi connectivity index (χ1n) is 9.96. The molecule has 1 aliphatic rings. The normalized spacial score (nSPS) is 15.6. The molecule has 0 spiro atoms. The summed E-state index contributed by atoms with van der Waals surface area (Å²) in [5, 5.41) is 0. The first kappa shape index (κ1) is 20.5. The van der Waals surface area contributed by atoms with E-state index in [0.717, 1.165) is 36.0 Å². The zero-order chi connectivity index (χ0) is 21.3. The highest BCUT2D eigenvalue weighted by molar-refractivity contribution is 5.59. The highest BCUT2D eigenvalue weighted by Crippen LogP contribution is 2.32. The van der Waals surface area contributed by atoms with Gasteiger partial charge in [-0.25, -0.2) is 4.98 Å². The van der Waals surface area contributed by atoms with Gasteiger partial charge in [0, 0.05) is 44.0 Å². The molecule has 0 aliphatic carbocycles. The van der Waals surface area contributed by atoms with E-state index in [1.807, 2.05) is 24.0 Å². The highest BCUT2D eigenvalue weighted by atomic mass is 19.4. The molecule has 0 bridgehead atoms. The molecule has 4 nitrogen and oxygen atoms in total. The van der Waals surface area contributed by atoms with E-state index in [0.29, 0.717) is 31.2 Å². The summed E-state index contributed by atoms with van der Waals surface area (Å²) in [6, 6.07) is 11.7. The van der Waals surface area contributed by atoms with Crippen LogP contribution in [0, 0.1) is 13.8 Å². The van der Waals surface area contributed by atoms with Gasteiger partial charge in [0.2, 0.25) is 5.89 Å². The van der Waals surface area contributed by atoms with Crippen LogP contribution in [-0.4, -0.2) is 36.1 Å². The van der Waals surface area contributed by atoms with Crippen molar-refractivity contribution in [2.45, 2.75) is 26.6 Å². The van der Waals surface area contributed by atoms with Gasteiger partial charge in [-0.3, -0.25) is 4.90 Å². The van der Waals surface area contributed by atoms with Gasteiger partial charge in [-0.15, -0.1) is 0 Å². The van der Waals surface area contributed by atoms with Gasteiger partial charge >= 0.3 is 6.18 Å². The number of piperazine rings is 1. The number of benzene rings is 2. The van der Waals surface area contributed by atoms with E-state index < -0.39 is 11.7 Å². The molecule has 0 N–H and O–H groups in total. The number of alkyl halides is 3. The minimum Gasteiger partial charge on any atom is -0.444 e. The largest absolute Gasteiger partial charge is 0.444 e. The Morgan fingerprint density at radius 3 is 2.47 bits per heavy atom. The summed E-state index contributed by atoms with van der Waals surface area (Å²) in [7, 11) is 0. The zero-order valence-corrected chi connectivity index (χ0v) is 17.0. The number of halogens is 3. The molecular weight excluding hydrogens is 391 g/mol. The van der Waals surface area contributed by atoms with E-state index in [4.69, 9.17) is 4.42 Å². The zero-order valence-electron chi connectivity index (χ0n) is 17.0. The lowest BCUT2D eigenvalue weighted by Crippen LogP contribution is -2.46. The predicted octanol–water partition coefficient (Wildman–Crippen LogP) is 5.30. The number of anilines is 1. The quantitative estimate of drug-likeness (QED) is 0.579. The molecule has 0 amide bonds. The fourth-order valence-electron chi connectivity index (χ4n) is 3.83. The molecule has 30 heavy (non-hydrogen) atoms. The second-order valence-electron chi connectivity index (χ2n) is 7.77. The number of aryl methyl sites for hydroxylation is 2. The van der Waals surface area contributed by atoms with Crippen LogP contribution in [0.2, 0.25) is 0 Å². The van der Waals surface area contributed by atoms with Crippen molar-refractivity contribution in [3.8, 4) is 11.5 Å². The first-order valence-corrected chi connectivity index (χ1v) is 9.96. The average Bonchev–Trinajstić information content (AvgIpc) is 3.16.